The van der Waals surface area contributed by atoms with Crippen molar-refractivity contribution in [2.24, 2.45) is 0 Å². The summed E-state index contributed by atoms with van der Waals surface area (Å²) >= 11 is 0. The summed E-state index contributed by atoms with van der Waals surface area (Å²) in [5, 5.41) is 10.2. The molecule has 2 rings (SSSR count). The van der Waals surface area contributed by atoms with Crippen molar-refractivity contribution in [1.82, 2.24) is 0 Å². The Morgan fingerprint density at radius 1 is 0.960 bits per heavy atom. The van der Waals surface area contributed by atoms with Gasteiger partial charge in [0.15, 0.2) is 0 Å². The third-order valence-corrected chi connectivity index (χ3v) is 4.31. The van der Waals surface area contributed by atoms with Crippen LogP contribution in [-0.4, -0.2) is 34.9 Å². The molecule has 134 valence electrons. The maximum atomic E-state index is 12.2. The second kappa shape index (κ2) is 7.80. The first kappa shape index (κ1) is 18.5. The Balaban J connectivity index is 2.32. The minimum absolute atomic E-state index is 0.0474. The monoisotopic (exact) mass is 365 g/mol. The van der Waals surface area contributed by atoms with Gasteiger partial charge < -0.3 is 19.3 Å². The average Bonchev–Trinajstić information content (AvgIpc) is 2.61. The summed E-state index contributed by atoms with van der Waals surface area (Å²) < 4.78 is 42.5. The van der Waals surface area contributed by atoms with Crippen molar-refractivity contribution in [3.8, 4) is 23.0 Å². The third kappa shape index (κ3) is 4.80. The zero-order valence-electron chi connectivity index (χ0n) is 14.0. The molecule has 0 amide bonds. The summed E-state index contributed by atoms with van der Waals surface area (Å²) in [7, 11) is 0.678. The summed E-state index contributed by atoms with van der Waals surface area (Å²) in [5.41, 5.74) is 0.790. The van der Waals surface area contributed by atoms with E-state index in [1.54, 1.807) is 12.1 Å². The molecule has 2 aromatic carbocycles. The van der Waals surface area contributed by atoms with Gasteiger partial charge in [-0.05, 0) is 30.3 Å². The molecule has 0 heterocycles. The van der Waals surface area contributed by atoms with Crippen LogP contribution in [0.1, 0.15) is 5.56 Å². The molecule has 0 saturated carbocycles. The van der Waals surface area contributed by atoms with E-state index in [0.717, 1.165) is 5.41 Å². The van der Waals surface area contributed by atoms with E-state index < -0.39 is 10.0 Å². The predicted molar refractivity (Wildman–Crippen MR) is 95.8 cm³/mol. The van der Waals surface area contributed by atoms with Crippen LogP contribution in [0.3, 0.4) is 0 Å². The smallest absolute Gasteiger partial charge is 0.255 e. The van der Waals surface area contributed by atoms with Gasteiger partial charge >= 0.3 is 0 Å². The number of hydrogen-bond acceptors (Lipinski definition) is 6. The van der Waals surface area contributed by atoms with Gasteiger partial charge in [0.2, 0.25) is 0 Å². The Hall–Kier alpha value is -2.87. The van der Waals surface area contributed by atoms with Crippen LogP contribution in [0.5, 0.6) is 23.0 Å². The molecule has 0 aliphatic heterocycles. The number of rotatable bonds is 7. The molecule has 0 aliphatic rings. The number of anilines is 1. The summed E-state index contributed by atoms with van der Waals surface area (Å²) in [6.45, 7) is 0. The maximum Gasteiger partial charge on any atom is 0.255 e. The first-order valence-corrected chi connectivity index (χ1v) is 8.73. The topological polar surface area (TPSA) is 94.1 Å². The lowest BCUT2D eigenvalue weighted by Crippen LogP contribution is -2.08. The number of methoxy groups -OCH3 is 3. The number of ether oxygens (including phenoxy) is 3. The largest absolute Gasteiger partial charge is 0.508 e. The molecule has 0 fully saturated rings. The molecule has 7 nitrogen and oxygen atoms in total. The van der Waals surface area contributed by atoms with Crippen LogP contribution in [0.4, 0.5) is 5.69 Å². The number of hydrogen-bond donors (Lipinski definition) is 2. The molecule has 8 heteroatoms. The zero-order chi connectivity index (χ0) is 18.4. The van der Waals surface area contributed by atoms with E-state index in [1.807, 2.05) is 0 Å². The molecular weight excluding hydrogens is 346 g/mol. The molecule has 0 unspecified atom stereocenters. The lowest BCUT2D eigenvalue weighted by atomic mass is 10.1. The van der Waals surface area contributed by atoms with Crippen LogP contribution < -0.4 is 18.9 Å². The first-order valence-electron chi connectivity index (χ1n) is 7.18. The average molecular weight is 365 g/mol. The summed E-state index contributed by atoms with van der Waals surface area (Å²) in [5.74, 6) is 1.39. The van der Waals surface area contributed by atoms with Crippen LogP contribution in [0.25, 0.3) is 6.08 Å². The Kier molecular flexibility index (Phi) is 5.76. The van der Waals surface area contributed by atoms with E-state index in [4.69, 9.17) is 14.2 Å². The number of benzene rings is 2. The van der Waals surface area contributed by atoms with Gasteiger partial charge in [0.1, 0.15) is 23.0 Å². The number of nitrogens with one attached hydrogen (secondary N) is 1. The fraction of sp³-hybridized carbons (Fsp3) is 0.176. The molecular formula is C17H19NO6S. The fourth-order valence-electron chi connectivity index (χ4n) is 2.08. The maximum absolute atomic E-state index is 12.2. The van der Waals surface area contributed by atoms with E-state index in [9.17, 15) is 13.5 Å². The molecule has 25 heavy (non-hydrogen) atoms. The van der Waals surface area contributed by atoms with E-state index >= 15 is 0 Å². The summed E-state index contributed by atoms with van der Waals surface area (Å²) in [4.78, 5) is 0. The molecule has 0 radical (unpaired) electrons. The lowest BCUT2D eigenvalue weighted by Gasteiger charge is -2.12. The number of phenols is 1. The molecule has 0 bridgehead atoms. The van der Waals surface area contributed by atoms with E-state index in [0.29, 0.717) is 28.5 Å². The van der Waals surface area contributed by atoms with Gasteiger partial charge in [-0.25, -0.2) is 8.42 Å². The van der Waals surface area contributed by atoms with Gasteiger partial charge in [-0.2, -0.15) is 0 Å². The predicted octanol–water partition coefficient (Wildman–Crippen LogP) is 2.83. The third-order valence-electron chi connectivity index (χ3n) is 3.29. The van der Waals surface area contributed by atoms with Crippen LogP contribution in [0, 0.1) is 0 Å². The Morgan fingerprint density at radius 2 is 1.52 bits per heavy atom. The molecule has 0 aromatic heterocycles. The minimum atomic E-state index is -3.77. The van der Waals surface area contributed by atoms with Crippen LogP contribution >= 0.6 is 0 Å². The quantitative estimate of drug-likeness (QED) is 0.733. The van der Waals surface area contributed by atoms with Crippen LogP contribution in [0.2, 0.25) is 0 Å². The van der Waals surface area contributed by atoms with Crippen molar-refractivity contribution in [2.45, 2.75) is 0 Å². The van der Waals surface area contributed by atoms with Gasteiger partial charge in [-0.15, -0.1) is 0 Å². The highest BCUT2D eigenvalue weighted by molar-refractivity contribution is 7.95. The van der Waals surface area contributed by atoms with Gasteiger partial charge in [0.25, 0.3) is 10.0 Å². The fourth-order valence-corrected chi connectivity index (χ4v) is 2.93. The SMILES string of the molecule is COc1cc(OC)c(/C=C/S(=O)(=O)Nc2ccc(O)cc2)c(OC)c1. The Bertz CT molecular complexity index is 834. The van der Waals surface area contributed by atoms with Crippen LogP contribution in [0.15, 0.2) is 41.8 Å². The first-order chi connectivity index (χ1) is 11.9. The second-order valence-corrected chi connectivity index (χ2v) is 6.51. The Labute approximate surface area is 146 Å². The van der Waals surface area contributed by atoms with Gasteiger partial charge in [-0.3, -0.25) is 4.72 Å². The standard InChI is InChI=1S/C17H19NO6S/c1-22-14-10-16(23-2)15(17(11-14)24-3)8-9-25(20,21)18-12-4-6-13(19)7-5-12/h4-11,18-19H,1-3H3/b9-8+. The van der Waals surface area contributed by atoms with Crippen LogP contribution in [-0.2, 0) is 10.0 Å². The molecule has 2 N–H and O–H groups in total. The number of aromatic hydroxyl groups is 1. The number of phenolic OH excluding ortho intramolecular Hbond substituents is 1. The normalized spacial score (nSPS) is 11.3. The molecule has 0 spiro atoms. The lowest BCUT2D eigenvalue weighted by molar-refractivity contribution is 0.374. The van der Waals surface area contributed by atoms with E-state index in [1.165, 1.54) is 51.7 Å². The van der Waals surface area contributed by atoms with Crippen molar-refractivity contribution in [1.29, 1.82) is 0 Å². The van der Waals surface area contributed by atoms with Gasteiger partial charge in [-0.1, -0.05) is 0 Å². The van der Waals surface area contributed by atoms with E-state index in [2.05, 4.69) is 4.72 Å². The molecule has 0 atom stereocenters. The molecule has 0 aliphatic carbocycles. The van der Waals surface area contributed by atoms with Crippen molar-refractivity contribution in [2.75, 3.05) is 26.1 Å². The van der Waals surface area contributed by atoms with Crippen molar-refractivity contribution in [3.63, 3.8) is 0 Å². The summed E-state index contributed by atoms with van der Waals surface area (Å²) in [6, 6.07) is 8.93. The van der Waals surface area contributed by atoms with Gasteiger partial charge in [0, 0.05) is 17.8 Å². The van der Waals surface area contributed by atoms with E-state index in [-0.39, 0.29) is 5.75 Å². The highest BCUT2D eigenvalue weighted by Crippen LogP contribution is 2.35. The highest BCUT2D eigenvalue weighted by atomic mass is 32.2. The minimum Gasteiger partial charge on any atom is -0.508 e. The zero-order valence-corrected chi connectivity index (χ0v) is 14.8. The highest BCUT2D eigenvalue weighted by Gasteiger charge is 2.13. The van der Waals surface area contributed by atoms with Crippen molar-refractivity contribution >= 4 is 21.8 Å². The Morgan fingerprint density at radius 3 is 2.00 bits per heavy atom. The van der Waals surface area contributed by atoms with Crippen molar-refractivity contribution in [3.05, 3.63) is 47.4 Å². The number of sulfonamides is 1. The summed E-state index contributed by atoms with van der Waals surface area (Å²) in [6.07, 6.45) is 1.37. The second-order valence-electron chi connectivity index (χ2n) is 4.94. The van der Waals surface area contributed by atoms with Gasteiger partial charge in [0.05, 0.1) is 32.3 Å². The van der Waals surface area contributed by atoms with Crippen molar-refractivity contribution < 1.29 is 27.7 Å². The molecule has 2 aromatic rings. The molecule has 0 saturated heterocycles.